The molecule has 0 unspecified atom stereocenters. The van der Waals surface area contributed by atoms with E-state index in [0.29, 0.717) is 16.8 Å². The number of aryl methyl sites for hydroxylation is 1. The molecule has 0 bridgehead atoms. The average molecular weight is 320 g/mol. The molecule has 7 heteroatoms. The molecule has 0 aliphatic heterocycles. The quantitative estimate of drug-likeness (QED) is 0.801. The molecule has 3 N–H and O–H groups in total. The second kappa shape index (κ2) is 6.07. The number of aromatic hydroxyl groups is 1. The van der Waals surface area contributed by atoms with Gasteiger partial charge in [-0.1, -0.05) is 6.07 Å². The van der Waals surface area contributed by atoms with E-state index in [-0.39, 0.29) is 16.6 Å². The smallest absolute Gasteiger partial charge is 0.265 e. The van der Waals surface area contributed by atoms with Crippen molar-refractivity contribution in [1.29, 1.82) is 0 Å². The van der Waals surface area contributed by atoms with Crippen molar-refractivity contribution < 1.29 is 18.3 Å². The van der Waals surface area contributed by atoms with Crippen molar-refractivity contribution in [2.24, 2.45) is 0 Å². The number of nitrogens with one attached hydrogen (secondary N) is 2. The zero-order valence-electron chi connectivity index (χ0n) is 12.1. The third-order valence-corrected chi connectivity index (χ3v) is 4.44. The van der Waals surface area contributed by atoms with Gasteiger partial charge in [-0.3, -0.25) is 9.52 Å². The van der Waals surface area contributed by atoms with Gasteiger partial charge in [0, 0.05) is 18.3 Å². The van der Waals surface area contributed by atoms with Crippen molar-refractivity contribution in [3.05, 3.63) is 53.6 Å². The number of anilines is 1. The lowest BCUT2D eigenvalue weighted by molar-refractivity contribution is 0.0963. The number of sulfonamides is 1. The number of phenolic OH excluding ortho intramolecular Hbond substituents is 1. The lowest BCUT2D eigenvalue weighted by atomic mass is 10.2. The maximum atomic E-state index is 12.3. The van der Waals surface area contributed by atoms with Crippen molar-refractivity contribution in [2.75, 3.05) is 11.8 Å². The Labute approximate surface area is 128 Å². The van der Waals surface area contributed by atoms with Crippen molar-refractivity contribution in [2.45, 2.75) is 11.8 Å². The van der Waals surface area contributed by atoms with Gasteiger partial charge < -0.3 is 10.4 Å². The van der Waals surface area contributed by atoms with Crippen molar-refractivity contribution in [3.8, 4) is 5.75 Å². The Morgan fingerprint density at radius 2 is 1.73 bits per heavy atom. The number of phenols is 1. The Kier molecular flexibility index (Phi) is 4.37. The molecule has 6 nitrogen and oxygen atoms in total. The Hall–Kier alpha value is -2.54. The predicted molar refractivity (Wildman–Crippen MR) is 83.5 cm³/mol. The lowest BCUT2D eigenvalue weighted by Gasteiger charge is -2.10. The van der Waals surface area contributed by atoms with E-state index in [9.17, 15) is 18.3 Å². The molecule has 2 aromatic rings. The van der Waals surface area contributed by atoms with E-state index in [1.54, 1.807) is 13.0 Å². The highest BCUT2D eigenvalue weighted by atomic mass is 32.2. The van der Waals surface area contributed by atoms with Gasteiger partial charge in [0.25, 0.3) is 15.9 Å². The number of hydrogen-bond acceptors (Lipinski definition) is 4. The summed E-state index contributed by atoms with van der Waals surface area (Å²) in [5.74, 6) is -0.578. The summed E-state index contributed by atoms with van der Waals surface area (Å²) in [7, 11) is -2.39. The van der Waals surface area contributed by atoms with Gasteiger partial charge in [-0.2, -0.15) is 0 Å². The molecular formula is C15H16N2O4S. The molecule has 22 heavy (non-hydrogen) atoms. The van der Waals surface area contributed by atoms with Gasteiger partial charge in [-0.15, -0.1) is 0 Å². The average Bonchev–Trinajstić information content (AvgIpc) is 2.49. The zero-order valence-corrected chi connectivity index (χ0v) is 12.9. The van der Waals surface area contributed by atoms with E-state index in [0.717, 1.165) is 0 Å². The van der Waals surface area contributed by atoms with Crippen LogP contribution in [0.4, 0.5) is 5.69 Å². The molecule has 0 aliphatic carbocycles. The number of rotatable bonds is 4. The zero-order chi connectivity index (χ0) is 16.3. The highest BCUT2D eigenvalue weighted by molar-refractivity contribution is 7.92. The molecule has 0 aliphatic rings. The van der Waals surface area contributed by atoms with Gasteiger partial charge in [0.05, 0.1) is 0 Å². The predicted octanol–water partition coefficient (Wildman–Crippen LogP) is 1.86. The van der Waals surface area contributed by atoms with Gasteiger partial charge in [-0.05, 0) is 48.9 Å². The SMILES string of the molecule is CNC(=O)c1ccc(NS(=O)(=O)c2cc(C)ccc2O)cc1. The summed E-state index contributed by atoms with van der Waals surface area (Å²) in [5.41, 5.74) is 1.44. The minimum atomic E-state index is -3.91. The first kappa shape index (κ1) is 15.8. The minimum absolute atomic E-state index is 0.192. The molecule has 0 fully saturated rings. The largest absolute Gasteiger partial charge is 0.507 e. The Morgan fingerprint density at radius 1 is 1.09 bits per heavy atom. The second-order valence-electron chi connectivity index (χ2n) is 4.73. The molecule has 0 saturated carbocycles. The summed E-state index contributed by atoms with van der Waals surface area (Å²) in [6.45, 7) is 1.73. The minimum Gasteiger partial charge on any atom is -0.507 e. The molecule has 0 aromatic heterocycles. The normalized spacial score (nSPS) is 11.0. The summed E-state index contributed by atoms with van der Waals surface area (Å²) < 4.78 is 27.0. The maximum absolute atomic E-state index is 12.3. The van der Waals surface area contributed by atoms with E-state index in [4.69, 9.17) is 0 Å². The Bertz CT molecular complexity index is 799. The summed E-state index contributed by atoms with van der Waals surface area (Å²) in [5, 5.41) is 12.2. The molecule has 0 saturated heterocycles. The highest BCUT2D eigenvalue weighted by Gasteiger charge is 2.19. The van der Waals surface area contributed by atoms with Crippen LogP contribution in [0.3, 0.4) is 0 Å². The maximum Gasteiger partial charge on any atom is 0.265 e. The third-order valence-electron chi connectivity index (χ3n) is 3.03. The Balaban J connectivity index is 2.29. The number of benzene rings is 2. The number of amides is 1. The van der Waals surface area contributed by atoms with Crippen LogP contribution < -0.4 is 10.0 Å². The number of carbonyl (C=O) groups excluding carboxylic acids is 1. The molecule has 0 spiro atoms. The van der Waals surface area contributed by atoms with Crippen LogP contribution in [-0.2, 0) is 10.0 Å². The van der Waals surface area contributed by atoms with Crippen LogP contribution >= 0.6 is 0 Å². The molecule has 2 rings (SSSR count). The van der Waals surface area contributed by atoms with E-state index < -0.39 is 10.0 Å². The van der Waals surface area contributed by atoms with Crippen LogP contribution in [0.25, 0.3) is 0 Å². The molecule has 2 aromatic carbocycles. The molecular weight excluding hydrogens is 304 g/mol. The lowest BCUT2D eigenvalue weighted by Crippen LogP contribution is -2.18. The van der Waals surface area contributed by atoms with Crippen molar-refractivity contribution in [3.63, 3.8) is 0 Å². The standard InChI is InChI=1S/C15H16N2O4S/c1-10-3-8-13(18)14(9-10)22(20,21)17-12-6-4-11(5-7-12)15(19)16-2/h3-9,17-18H,1-2H3,(H,16,19). The van der Waals surface area contributed by atoms with E-state index in [2.05, 4.69) is 10.0 Å². The van der Waals surface area contributed by atoms with Crippen LogP contribution in [0.2, 0.25) is 0 Å². The van der Waals surface area contributed by atoms with Crippen LogP contribution in [-0.4, -0.2) is 26.5 Å². The van der Waals surface area contributed by atoms with Crippen LogP contribution in [0.1, 0.15) is 15.9 Å². The second-order valence-corrected chi connectivity index (χ2v) is 6.38. The van der Waals surface area contributed by atoms with Crippen LogP contribution in [0, 0.1) is 6.92 Å². The Morgan fingerprint density at radius 3 is 2.32 bits per heavy atom. The first-order chi connectivity index (χ1) is 10.3. The first-order valence-electron chi connectivity index (χ1n) is 6.48. The highest BCUT2D eigenvalue weighted by Crippen LogP contribution is 2.25. The monoisotopic (exact) mass is 320 g/mol. The summed E-state index contributed by atoms with van der Waals surface area (Å²) in [6, 6.07) is 10.3. The fourth-order valence-electron chi connectivity index (χ4n) is 1.88. The van der Waals surface area contributed by atoms with Gasteiger partial charge in [0.15, 0.2) is 0 Å². The first-order valence-corrected chi connectivity index (χ1v) is 7.96. The summed E-state index contributed by atoms with van der Waals surface area (Å²) >= 11 is 0. The molecule has 0 radical (unpaired) electrons. The van der Waals surface area contributed by atoms with Gasteiger partial charge >= 0.3 is 0 Å². The molecule has 1 amide bonds. The molecule has 116 valence electrons. The molecule has 0 atom stereocenters. The van der Waals surface area contributed by atoms with E-state index in [1.165, 1.54) is 43.4 Å². The fourth-order valence-corrected chi connectivity index (χ4v) is 3.12. The molecule has 0 heterocycles. The number of carbonyl (C=O) groups is 1. The van der Waals surface area contributed by atoms with E-state index >= 15 is 0 Å². The van der Waals surface area contributed by atoms with Crippen molar-refractivity contribution >= 4 is 21.6 Å². The van der Waals surface area contributed by atoms with Gasteiger partial charge in [-0.25, -0.2) is 8.42 Å². The van der Waals surface area contributed by atoms with Crippen molar-refractivity contribution in [1.82, 2.24) is 5.32 Å². The fraction of sp³-hybridized carbons (Fsp3) is 0.133. The summed E-state index contributed by atoms with van der Waals surface area (Å²) in [4.78, 5) is 11.2. The topological polar surface area (TPSA) is 95.5 Å². The van der Waals surface area contributed by atoms with Gasteiger partial charge in [0.1, 0.15) is 10.6 Å². The van der Waals surface area contributed by atoms with Crippen LogP contribution in [0.5, 0.6) is 5.75 Å². The van der Waals surface area contributed by atoms with Crippen LogP contribution in [0.15, 0.2) is 47.4 Å². The third kappa shape index (κ3) is 3.37. The number of hydrogen-bond donors (Lipinski definition) is 3. The summed E-state index contributed by atoms with van der Waals surface area (Å²) in [6.07, 6.45) is 0. The van der Waals surface area contributed by atoms with E-state index in [1.807, 2.05) is 0 Å². The van der Waals surface area contributed by atoms with Gasteiger partial charge in [0.2, 0.25) is 0 Å².